The summed E-state index contributed by atoms with van der Waals surface area (Å²) in [6, 6.07) is -1.25. The number of aliphatic hydroxyl groups is 2. The summed E-state index contributed by atoms with van der Waals surface area (Å²) in [5.74, 6) is -1.58. The maximum Gasteiger partial charge on any atom is 0.267 e. The largest absolute Gasteiger partial charge is 0.387 e. The van der Waals surface area contributed by atoms with Gasteiger partial charge in [-0.15, -0.1) is 0 Å². The molecule has 0 saturated heterocycles. The standard InChI is InChI=1S/C27H49NO6S/c1-3-5-7-9-11-13-15-17-19-21-25(29)24(23-35(32,33)34)28-27(31)26(30)22-20-18-16-14-12-10-8-6-4-2/h10-13,19,21,24-26,29-30H,3-9,14-18,20,22-23H2,1-2H3,(H,28,31)(H,32,33,34)/b12-10-,13-11+,21-19+. The van der Waals surface area contributed by atoms with Crippen molar-refractivity contribution in [1.29, 1.82) is 0 Å². The molecular weight excluding hydrogens is 466 g/mol. The second kappa shape index (κ2) is 21.8. The van der Waals surface area contributed by atoms with Crippen LogP contribution in [0.5, 0.6) is 0 Å². The molecule has 0 radical (unpaired) electrons. The van der Waals surface area contributed by atoms with Gasteiger partial charge in [-0.25, -0.2) is 0 Å². The van der Waals surface area contributed by atoms with E-state index in [1.54, 1.807) is 6.08 Å². The van der Waals surface area contributed by atoms with Gasteiger partial charge in [-0.1, -0.05) is 88.8 Å². The number of hydrogen-bond acceptors (Lipinski definition) is 5. The van der Waals surface area contributed by atoms with Crippen LogP contribution in [-0.4, -0.2) is 53.1 Å². The predicted octanol–water partition coefficient (Wildman–Crippen LogP) is 5.25. The summed E-state index contributed by atoms with van der Waals surface area (Å²) in [6.45, 7) is 4.32. The van der Waals surface area contributed by atoms with Crippen LogP contribution in [0.4, 0.5) is 0 Å². The predicted molar refractivity (Wildman–Crippen MR) is 144 cm³/mol. The molecular formula is C27H49NO6S. The molecule has 0 aliphatic rings. The Labute approximate surface area is 213 Å². The van der Waals surface area contributed by atoms with E-state index in [2.05, 4.69) is 43.5 Å². The van der Waals surface area contributed by atoms with E-state index in [1.807, 2.05) is 0 Å². The molecule has 0 aliphatic heterocycles. The summed E-state index contributed by atoms with van der Waals surface area (Å²) in [6.07, 6.45) is 22.3. The van der Waals surface area contributed by atoms with E-state index in [0.29, 0.717) is 12.8 Å². The summed E-state index contributed by atoms with van der Waals surface area (Å²) in [5, 5.41) is 22.9. The minimum Gasteiger partial charge on any atom is -0.387 e. The molecule has 3 unspecified atom stereocenters. The van der Waals surface area contributed by atoms with E-state index >= 15 is 0 Å². The monoisotopic (exact) mass is 515 g/mol. The van der Waals surface area contributed by atoms with Gasteiger partial charge in [0.2, 0.25) is 5.91 Å². The van der Waals surface area contributed by atoms with Crippen LogP contribution in [0.15, 0.2) is 36.5 Å². The van der Waals surface area contributed by atoms with Crippen molar-refractivity contribution in [3.63, 3.8) is 0 Å². The van der Waals surface area contributed by atoms with Gasteiger partial charge in [-0.3, -0.25) is 9.35 Å². The number of allylic oxidation sites excluding steroid dienone is 5. The molecule has 0 fully saturated rings. The van der Waals surface area contributed by atoms with E-state index in [4.69, 9.17) is 0 Å². The molecule has 0 aromatic heterocycles. The summed E-state index contributed by atoms with van der Waals surface area (Å²) < 4.78 is 32.0. The molecule has 0 bridgehead atoms. The average Bonchev–Trinajstić information content (AvgIpc) is 2.80. The quantitative estimate of drug-likeness (QED) is 0.0887. The lowest BCUT2D eigenvalue weighted by molar-refractivity contribution is -0.130. The summed E-state index contributed by atoms with van der Waals surface area (Å²) in [4.78, 5) is 12.3. The van der Waals surface area contributed by atoms with E-state index in [-0.39, 0.29) is 6.42 Å². The Morgan fingerprint density at radius 1 is 0.771 bits per heavy atom. The molecule has 0 heterocycles. The smallest absolute Gasteiger partial charge is 0.267 e. The molecule has 8 heteroatoms. The van der Waals surface area contributed by atoms with E-state index in [1.165, 1.54) is 38.2 Å². The maximum atomic E-state index is 12.3. The van der Waals surface area contributed by atoms with Gasteiger partial charge in [0.05, 0.1) is 17.9 Å². The number of carbonyl (C=O) groups excluding carboxylic acids is 1. The molecule has 0 aromatic carbocycles. The van der Waals surface area contributed by atoms with Gasteiger partial charge in [0.25, 0.3) is 10.1 Å². The van der Waals surface area contributed by atoms with Crippen LogP contribution in [0.3, 0.4) is 0 Å². The molecule has 35 heavy (non-hydrogen) atoms. The van der Waals surface area contributed by atoms with Crippen molar-refractivity contribution in [3.8, 4) is 0 Å². The zero-order chi connectivity index (χ0) is 26.4. The number of nitrogens with one attached hydrogen (secondary N) is 1. The fraction of sp³-hybridized carbons (Fsp3) is 0.741. The fourth-order valence-electron chi connectivity index (χ4n) is 3.51. The summed E-state index contributed by atoms with van der Waals surface area (Å²) >= 11 is 0. The second-order valence-electron chi connectivity index (χ2n) is 9.09. The number of aliphatic hydroxyl groups excluding tert-OH is 2. The lowest BCUT2D eigenvalue weighted by Gasteiger charge is -2.22. The van der Waals surface area contributed by atoms with Crippen molar-refractivity contribution < 1.29 is 28.0 Å². The zero-order valence-corrected chi connectivity index (χ0v) is 22.6. The molecule has 204 valence electrons. The van der Waals surface area contributed by atoms with Crippen molar-refractivity contribution in [1.82, 2.24) is 5.32 Å². The highest BCUT2D eigenvalue weighted by molar-refractivity contribution is 7.85. The highest BCUT2D eigenvalue weighted by Crippen LogP contribution is 2.09. The maximum absolute atomic E-state index is 12.3. The molecule has 0 spiro atoms. The van der Waals surface area contributed by atoms with Gasteiger partial charge in [-0.05, 0) is 51.4 Å². The first-order valence-corrected chi connectivity index (χ1v) is 14.9. The van der Waals surface area contributed by atoms with E-state index < -0.39 is 40.0 Å². The Morgan fingerprint density at radius 3 is 1.91 bits per heavy atom. The van der Waals surface area contributed by atoms with E-state index in [9.17, 15) is 28.0 Å². The lowest BCUT2D eigenvalue weighted by atomic mass is 10.1. The highest BCUT2D eigenvalue weighted by atomic mass is 32.2. The molecule has 0 saturated carbocycles. The third-order valence-corrected chi connectivity index (χ3v) is 6.43. The van der Waals surface area contributed by atoms with Crippen LogP contribution in [0, 0.1) is 0 Å². The Hall–Kier alpha value is -1.48. The topological polar surface area (TPSA) is 124 Å². The molecule has 0 aromatic rings. The van der Waals surface area contributed by atoms with Gasteiger partial charge < -0.3 is 15.5 Å². The average molecular weight is 516 g/mol. The van der Waals surface area contributed by atoms with Gasteiger partial charge >= 0.3 is 0 Å². The first-order chi connectivity index (χ1) is 16.7. The summed E-state index contributed by atoms with van der Waals surface area (Å²) in [7, 11) is -4.43. The van der Waals surface area contributed by atoms with Gasteiger partial charge in [0, 0.05) is 0 Å². The summed E-state index contributed by atoms with van der Waals surface area (Å²) in [5.41, 5.74) is 0. The fourth-order valence-corrected chi connectivity index (χ4v) is 4.24. The van der Waals surface area contributed by atoms with Crippen LogP contribution in [0.1, 0.15) is 104 Å². The molecule has 0 rings (SSSR count). The number of carbonyl (C=O) groups is 1. The van der Waals surface area contributed by atoms with Gasteiger partial charge in [0.15, 0.2) is 0 Å². The minimum atomic E-state index is -4.43. The molecule has 4 N–H and O–H groups in total. The van der Waals surface area contributed by atoms with Crippen LogP contribution in [0.2, 0.25) is 0 Å². The van der Waals surface area contributed by atoms with Crippen LogP contribution in [-0.2, 0) is 14.9 Å². The zero-order valence-electron chi connectivity index (χ0n) is 21.8. The Balaban J connectivity index is 4.47. The SMILES string of the molecule is CCCC/C=C\CCCCCC(O)C(=O)NC(CS(=O)(=O)O)C(O)/C=C/CC/C=C/CCCCC. The van der Waals surface area contributed by atoms with Crippen molar-refractivity contribution in [2.24, 2.45) is 0 Å². The third-order valence-electron chi connectivity index (χ3n) is 5.65. The third kappa shape index (κ3) is 21.5. The van der Waals surface area contributed by atoms with Crippen LogP contribution >= 0.6 is 0 Å². The lowest BCUT2D eigenvalue weighted by Crippen LogP contribution is -2.50. The van der Waals surface area contributed by atoms with E-state index in [0.717, 1.165) is 38.5 Å². The number of hydrogen-bond donors (Lipinski definition) is 4. The van der Waals surface area contributed by atoms with Crippen molar-refractivity contribution in [2.45, 2.75) is 122 Å². The Kier molecular flexibility index (Phi) is 20.9. The van der Waals surface area contributed by atoms with Gasteiger partial charge in [-0.2, -0.15) is 8.42 Å². The van der Waals surface area contributed by atoms with Crippen LogP contribution in [0.25, 0.3) is 0 Å². The van der Waals surface area contributed by atoms with Crippen molar-refractivity contribution in [2.75, 3.05) is 5.75 Å². The Bertz CT molecular complexity index is 717. The normalized spacial score (nSPS) is 15.2. The second-order valence-corrected chi connectivity index (χ2v) is 10.6. The molecule has 7 nitrogen and oxygen atoms in total. The number of amides is 1. The first kappa shape index (κ1) is 33.5. The highest BCUT2D eigenvalue weighted by Gasteiger charge is 2.27. The van der Waals surface area contributed by atoms with Crippen LogP contribution < -0.4 is 5.32 Å². The van der Waals surface area contributed by atoms with Crippen molar-refractivity contribution in [3.05, 3.63) is 36.5 Å². The van der Waals surface area contributed by atoms with Crippen molar-refractivity contribution >= 4 is 16.0 Å². The first-order valence-electron chi connectivity index (χ1n) is 13.3. The van der Waals surface area contributed by atoms with Gasteiger partial charge in [0.1, 0.15) is 6.10 Å². The molecule has 1 amide bonds. The minimum absolute atomic E-state index is 0.250. The number of rotatable bonds is 22. The number of unbranched alkanes of at least 4 members (excludes halogenated alkanes) is 9. The molecule has 0 aliphatic carbocycles. The molecule has 3 atom stereocenters. The Morgan fingerprint density at radius 2 is 1.31 bits per heavy atom.